The second-order valence-electron chi connectivity index (χ2n) is 4.66. The lowest BCUT2D eigenvalue weighted by Gasteiger charge is -2.14. The number of carbonyl (C=O) groups excluding carboxylic acids is 1. The van der Waals surface area contributed by atoms with Crippen molar-refractivity contribution in [1.82, 2.24) is 9.78 Å². The summed E-state index contributed by atoms with van der Waals surface area (Å²) in [5.74, 6) is -0.515. The number of aryl methyl sites for hydroxylation is 1. The number of carbonyl (C=O) groups is 1. The number of nitro groups is 1. The lowest BCUT2D eigenvalue weighted by molar-refractivity contribution is -0.386. The minimum absolute atomic E-state index is 0.0140. The highest BCUT2D eigenvalue weighted by molar-refractivity contribution is 5.85. The van der Waals surface area contributed by atoms with Crippen molar-refractivity contribution in [2.45, 2.75) is 53.0 Å². The van der Waals surface area contributed by atoms with Crippen molar-refractivity contribution >= 4 is 11.5 Å². The first-order chi connectivity index (χ1) is 8.31. The first-order valence-electron chi connectivity index (χ1n) is 6.07. The molecule has 1 atom stereocenters. The molecule has 0 N–H and O–H groups in total. The van der Waals surface area contributed by atoms with Gasteiger partial charge in [0.25, 0.3) is 0 Å². The zero-order valence-electron chi connectivity index (χ0n) is 11.4. The highest BCUT2D eigenvalue weighted by atomic mass is 16.6. The highest BCUT2D eigenvalue weighted by Gasteiger charge is 2.32. The summed E-state index contributed by atoms with van der Waals surface area (Å²) in [5, 5.41) is 15.3. The predicted molar refractivity (Wildman–Crippen MR) is 67.7 cm³/mol. The number of hydrogen-bond donors (Lipinski definition) is 0. The molecule has 0 saturated heterocycles. The number of ketones is 1. The van der Waals surface area contributed by atoms with E-state index in [9.17, 15) is 14.9 Å². The molecule has 1 unspecified atom stereocenters. The number of nitrogens with zero attached hydrogens (tertiary/aromatic N) is 3. The Labute approximate surface area is 106 Å². The van der Waals surface area contributed by atoms with Crippen molar-refractivity contribution in [1.29, 1.82) is 0 Å². The maximum absolute atomic E-state index is 11.8. The number of Topliss-reactive ketones (excluding diaryl/α,β-unsaturated/α-hetero) is 1. The Bertz CT molecular complexity index is 477. The molecule has 1 aromatic rings. The molecule has 6 nitrogen and oxygen atoms in total. The molecule has 0 fully saturated rings. The van der Waals surface area contributed by atoms with Crippen molar-refractivity contribution in [3.05, 3.63) is 21.5 Å². The first kappa shape index (κ1) is 14.3. The molecule has 100 valence electrons. The molecule has 0 radical (unpaired) electrons. The monoisotopic (exact) mass is 253 g/mol. The first-order valence-corrected chi connectivity index (χ1v) is 6.07. The molecule has 0 spiro atoms. The van der Waals surface area contributed by atoms with Gasteiger partial charge < -0.3 is 0 Å². The molecule has 1 rings (SSSR count). The third kappa shape index (κ3) is 2.42. The number of aromatic nitrogens is 2. The Balaban J connectivity index is 3.46. The van der Waals surface area contributed by atoms with Gasteiger partial charge in [0.15, 0.2) is 0 Å². The Hall–Kier alpha value is -1.72. The van der Waals surface area contributed by atoms with E-state index in [1.807, 2.05) is 13.8 Å². The molecule has 1 heterocycles. The fourth-order valence-corrected chi connectivity index (χ4v) is 2.04. The van der Waals surface area contributed by atoms with E-state index in [4.69, 9.17) is 0 Å². The fourth-order valence-electron chi connectivity index (χ4n) is 2.04. The molecule has 0 saturated carbocycles. The highest BCUT2D eigenvalue weighted by Crippen LogP contribution is 2.32. The SMILES string of the molecule is CCC(=O)C(C)c1c([N+](=O)[O-])c(C)nn1C(C)C. The Morgan fingerprint density at radius 3 is 2.39 bits per heavy atom. The van der Waals surface area contributed by atoms with Crippen LogP contribution in [-0.2, 0) is 4.79 Å². The maximum Gasteiger partial charge on any atom is 0.313 e. The van der Waals surface area contributed by atoms with Crippen LogP contribution in [0.4, 0.5) is 5.69 Å². The third-order valence-electron chi connectivity index (χ3n) is 3.00. The van der Waals surface area contributed by atoms with Crippen molar-refractivity contribution in [3.63, 3.8) is 0 Å². The molecule has 0 aliphatic rings. The molecule has 1 aromatic heterocycles. The fraction of sp³-hybridized carbons (Fsp3) is 0.667. The summed E-state index contributed by atoms with van der Waals surface area (Å²) >= 11 is 0. The van der Waals surface area contributed by atoms with Crippen molar-refractivity contribution in [2.24, 2.45) is 0 Å². The number of rotatable bonds is 5. The molecule has 0 aliphatic carbocycles. The van der Waals surface area contributed by atoms with Crippen LogP contribution < -0.4 is 0 Å². The minimum Gasteiger partial charge on any atom is -0.299 e. The van der Waals surface area contributed by atoms with E-state index < -0.39 is 10.8 Å². The van der Waals surface area contributed by atoms with E-state index in [1.54, 1.807) is 25.5 Å². The topological polar surface area (TPSA) is 78.0 Å². The molecular formula is C12H19N3O3. The van der Waals surface area contributed by atoms with Gasteiger partial charge in [0.2, 0.25) is 0 Å². The van der Waals surface area contributed by atoms with Crippen LogP contribution in [0.5, 0.6) is 0 Å². The summed E-state index contributed by atoms with van der Waals surface area (Å²) in [5.41, 5.74) is 0.747. The summed E-state index contributed by atoms with van der Waals surface area (Å²) in [4.78, 5) is 22.5. The van der Waals surface area contributed by atoms with Gasteiger partial charge in [-0.3, -0.25) is 19.6 Å². The normalized spacial score (nSPS) is 12.8. The van der Waals surface area contributed by atoms with Gasteiger partial charge in [-0.15, -0.1) is 0 Å². The van der Waals surface area contributed by atoms with E-state index in [1.165, 1.54) is 0 Å². The average Bonchev–Trinajstić information content (AvgIpc) is 2.64. The van der Waals surface area contributed by atoms with Gasteiger partial charge >= 0.3 is 5.69 Å². The lowest BCUT2D eigenvalue weighted by Crippen LogP contribution is -2.16. The van der Waals surface area contributed by atoms with Crippen molar-refractivity contribution < 1.29 is 9.72 Å². The zero-order valence-corrected chi connectivity index (χ0v) is 11.4. The lowest BCUT2D eigenvalue weighted by atomic mass is 9.98. The summed E-state index contributed by atoms with van der Waals surface area (Å²) in [6.07, 6.45) is 0.362. The molecule has 18 heavy (non-hydrogen) atoms. The second kappa shape index (κ2) is 5.29. The van der Waals surface area contributed by atoms with Crippen LogP contribution in [0.25, 0.3) is 0 Å². The van der Waals surface area contributed by atoms with Gasteiger partial charge in [-0.1, -0.05) is 6.92 Å². The van der Waals surface area contributed by atoms with E-state index in [0.717, 1.165) is 0 Å². The van der Waals surface area contributed by atoms with E-state index in [2.05, 4.69) is 5.10 Å². The van der Waals surface area contributed by atoms with Crippen LogP contribution in [0.15, 0.2) is 0 Å². The average molecular weight is 253 g/mol. The van der Waals surface area contributed by atoms with Crippen LogP contribution in [0.1, 0.15) is 57.5 Å². The van der Waals surface area contributed by atoms with E-state index in [0.29, 0.717) is 17.8 Å². The summed E-state index contributed by atoms with van der Waals surface area (Å²) in [6.45, 7) is 8.84. The van der Waals surface area contributed by atoms with Crippen LogP contribution >= 0.6 is 0 Å². The molecule has 6 heteroatoms. The molecular weight excluding hydrogens is 234 g/mol. The quantitative estimate of drug-likeness (QED) is 0.597. The minimum atomic E-state index is -0.501. The summed E-state index contributed by atoms with van der Waals surface area (Å²) in [6, 6.07) is -0.0143. The zero-order chi connectivity index (χ0) is 14.0. The van der Waals surface area contributed by atoms with Gasteiger partial charge in [-0.2, -0.15) is 5.10 Å². The Kier molecular flexibility index (Phi) is 4.21. The summed E-state index contributed by atoms with van der Waals surface area (Å²) in [7, 11) is 0. The van der Waals surface area contributed by atoms with Gasteiger partial charge in [-0.25, -0.2) is 0 Å². The van der Waals surface area contributed by atoms with Crippen molar-refractivity contribution in [2.75, 3.05) is 0 Å². The standard InChI is InChI=1S/C12H19N3O3/c1-6-10(16)8(4)11-12(15(17)18)9(5)13-14(11)7(2)3/h7-8H,6H2,1-5H3. The maximum atomic E-state index is 11.8. The van der Waals surface area contributed by atoms with Crippen LogP contribution in [0.2, 0.25) is 0 Å². The Morgan fingerprint density at radius 1 is 1.44 bits per heavy atom. The van der Waals surface area contributed by atoms with E-state index >= 15 is 0 Å². The van der Waals surface area contributed by atoms with Gasteiger partial charge in [0, 0.05) is 12.5 Å². The smallest absolute Gasteiger partial charge is 0.299 e. The Morgan fingerprint density at radius 2 is 2.00 bits per heavy atom. The molecule has 0 aliphatic heterocycles. The largest absolute Gasteiger partial charge is 0.313 e. The van der Waals surface area contributed by atoms with Crippen LogP contribution in [0.3, 0.4) is 0 Å². The van der Waals surface area contributed by atoms with Gasteiger partial charge in [0.1, 0.15) is 17.2 Å². The molecule has 0 amide bonds. The summed E-state index contributed by atoms with van der Waals surface area (Å²) < 4.78 is 1.59. The van der Waals surface area contributed by atoms with Crippen molar-refractivity contribution in [3.8, 4) is 0 Å². The van der Waals surface area contributed by atoms with Crippen LogP contribution in [0, 0.1) is 17.0 Å². The van der Waals surface area contributed by atoms with E-state index in [-0.39, 0.29) is 17.5 Å². The van der Waals surface area contributed by atoms with Crippen LogP contribution in [-0.4, -0.2) is 20.5 Å². The second-order valence-corrected chi connectivity index (χ2v) is 4.66. The molecule has 0 bridgehead atoms. The predicted octanol–water partition coefficient (Wildman–Crippen LogP) is 2.76. The number of hydrogen-bond acceptors (Lipinski definition) is 4. The van der Waals surface area contributed by atoms with Gasteiger partial charge in [0.05, 0.1) is 10.8 Å². The van der Waals surface area contributed by atoms with Gasteiger partial charge in [-0.05, 0) is 27.7 Å². The third-order valence-corrected chi connectivity index (χ3v) is 3.00. The molecule has 0 aromatic carbocycles.